The number of rotatable bonds is 10. The molecule has 2 N–H and O–H groups in total. The number of hydrogen-bond acceptors (Lipinski definition) is 3. The van der Waals surface area contributed by atoms with E-state index in [1.807, 2.05) is 25.1 Å². The van der Waals surface area contributed by atoms with Crippen LogP contribution in [0.2, 0.25) is 0 Å². The zero-order valence-electron chi connectivity index (χ0n) is 14.2. The number of ether oxygens (including phenoxy) is 1. The highest BCUT2D eigenvalue weighted by atomic mass is 16.5. The lowest BCUT2D eigenvalue weighted by Crippen LogP contribution is -2.09. The number of carboxylic acids is 1. The van der Waals surface area contributed by atoms with Gasteiger partial charge in [0.25, 0.3) is 0 Å². The van der Waals surface area contributed by atoms with Crippen molar-refractivity contribution in [2.45, 2.75) is 51.6 Å². The third-order valence-electron chi connectivity index (χ3n) is 4.28. The maximum atomic E-state index is 10.7. The maximum Gasteiger partial charge on any atom is 0.341 e. The molecule has 0 heterocycles. The molecule has 130 valence electrons. The van der Waals surface area contributed by atoms with Crippen LogP contribution >= 0.6 is 0 Å². The highest BCUT2D eigenvalue weighted by Crippen LogP contribution is 2.29. The number of aliphatic carboxylic acids is 1. The van der Waals surface area contributed by atoms with Gasteiger partial charge in [0, 0.05) is 5.39 Å². The van der Waals surface area contributed by atoms with Crippen molar-refractivity contribution in [2.75, 3.05) is 6.61 Å². The second kappa shape index (κ2) is 9.28. The zero-order chi connectivity index (χ0) is 17.4. The number of carbonyl (C=O) groups is 1. The van der Waals surface area contributed by atoms with Crippen molar-refractivity contribution in [1.29, 1.82) is 0 Å². The summed E-state index contributed by atoms with van der Waals surface area (Å²) < 4.78 is 5.39. The van der Waals surface area contributed by atoms with E-state index in [2.05, 4.69) is 12.1 Å². The van der Waals surface area contributed by atoms with Crippen LogP contribution < -0.4 is 4.74 Å². The van der Waals surface area contributed by atoms with Gasteiger partial charge in [0.1, 0.15) is 5.75 Å². The van der Waals surface area contributed by atoms with Gasteiger partial charge < -0.3 is 14.9 Å². The molecular formula is C20H26O4. The number of unbranched alkanes of at least 4 members (excludes halogenated alkanes) is 2. The summed E-state index contributed by atoms with van der Waals surface area (Å²) in [4.78, 5) is 10.7. The Morgan fingerprint density at radius 2 is 1.83 bits per heavy atom. The fourth-order valence-corrected chi connectivity index (χ4v) is 2.91. The topological polar surface area (TPSA) is 66.8 Å². The first-order valence-electron chi connectivity index (χ1n) is 8.65. The molecule has 4 nitrogen and oxygen atoms in total. The number of aliphatic hydroxyl groups excluding tert-OH is 1. The van der Waals surface area contributed by atoms with Gasteiger partial charge in [-0.2, -0.15) is 0 Å². The van der Waals surface area contributed by atoms with Crippen LogP contribution in [0, 0.1) is 0 Å². The molecule has 0 bridgehead atoms. The minimum absolute atomic E-state index is 0.170. The molecule has 1 atom stereocenters. The molecule has 24 heavy (non-hydrogen) atoms. The van der Waals surface area contributed by atoms with E-state index in [0.29, 0.717) is 5.75 Å². The van der Waals surface area contributed by atoms with Crippen LogP contribution in [0.15, 0.2) is 36.4 Å². The normalized spacial score (nSPS) is 12.2. The molecule has 0 saturated carbocycles. The van der Waals surface area contributed by atoms with E-state index in [1.54, 1.807) is 6.07 Å². The molecule has 0 aliphatic rings. The maximum absolute atomic E-state index is 10.7. The van der Waals surface area contributed by atoms with Gasteiger partial charge in [-0.15, -0.1) is 0 Å². The Balaban J connectivity index is 2.00. The van der Waals surface area contributed by atoms with Crippen molar-refractivity contribution in [3.05, 3.63) is 42.0 Å². The van der Waals surface area contributed by atoms with Crippen LogP contribution in [0.3, 0.4) is 0 Å². The molecule has 1 unspecified atom stereocenters. The Morgan fingerprint density at radius 1 is 1.08 bits per heavy atom. The van der Waals surface area contributed by atoms with Crippen LogP contribution in [0.25, 0.3) is 10.8 Å². The summed E-state index contributed by atoms with van der Waals surface area (Å²) in [6.45, 7) is 1.67. The average molecular weight is 330 g/mol. The van der Waals surface area contributed by atoms with Crippen LogP contribution in [-0.2, 0) is 11.2 Å². The molecule has 0 aliphatic heterocycles. The van der Waals surface area contributed by atoms with Crippen molar-refractivity contribution < 1.29 is 19.7 Å². The number of fused-ring (bicyclic) bond motifs is 1. The van der Waals surface area contributed by atoms with Crippen LogP contribution in [0.1, 0.15) is 44.6 Å². The van der Waals surface area contributed by atoms with Gasteiger partial charge in [-0.3, -0.25) is 0 Å². The first-order valence-corrected chi connectivity index (χ1v) is 8.65. The largest absolute Gasteiger partial charge is 0.481 e. The van der Waals surface area contributed by atoms with E-state index in [4.69, 9.17) is 9.84 Å². The van der Waals surface area contributed by atoms with E-state index < -0.39 is 5.97 Å². The molecular weight excluding hydrogens is 304 g/mol. The third-order valence-corrected chi connectivity index (χ3v) is 4.28. The number of carboxylic acid groups (broad SMARTS) is 1. The molecule has 0 amide bonds. The first kappa shape index (κ1) is 18.3. The van der Waals surface area contributed by atoms with E-state index in [1.165, 1.54) is 5.56 Å². The predicted molar refractivity (Wildman–Crippen MR) is 95.5 cm³/mol. The highest BCUT2D eigenvalue weighted by molar-refractivity contribution is 5.91. The SMILES string of the molecule is CCC(O)CCCCCc1cccc2c(OCC(=O)O)cccc12. The lowest BCUT2D eigenvalue weighted by Gasteiger charge is -2.11. The number of aliphatic hydroxyl groups is 1. The van der Waals surface area contributed by atoms with Crippen LogP contribution in [0.4, 0.5) is 0 Å². The lowest BCUT2D eigenvalue weighted by atomic mass is 9.98. The smallest absolute Gasteiger partial charge is 0.341 e. The van der Waals surface area contributed by atoms with Crippen molar-refractivity contribution in [2.24, 2.45) is 0 Å². The predicted octanol–water partition coefficient (Wildman–Crippen LogP) is 4.18. The second-order valence-corrected chi connectivity index (χ2v) is 6.11. The molecule has 0 radical (unpaired) electrons. The summed E-state index contributed by atoms with van der Waals surface area (Å²) in [6.07, 6.45) is 5.73. The summed E-state index contributed by atoms with van der Waals surface area (Å²) in [5, 5.41) is 20.4. The Morgan fingerprint density at radius 3 is 2.58 bits per heavy atom. The minimum Gasteiger partial charge on any atom is -0.481 e. The number of hydrogen-bond donors (Lipinski definition) is 2. The molecule has 2 aromatic carbocycles. The highest BCUT2D eigenvalue weighted by Gasteiger charge is 2.07. The fourth-order valence-electron chi connectivity index (χ4n) is 2.91. The molecule has 0 aliphatic carbocycles. The molecule has 0 spiro atoms. The van der Waals surface area contributed by atoms with Crippen molar-refractivity contribution in [3.8, 4) is 5.75 Å². The minimum atomic E-state index is -0.975. The second-order valence-electron chi connectivity index (χ2n) is 6.11. The summed E-state index contributed by atoms with van der Waals surface area (Å²) in [6, 6.07) is 11.8. The van der Waals surface area contributed by atoms with Gasteiger partial charge in [-0.05, 0) is 42.7 Å². The van der Waals surface area contributed by atoms with Gasteiger partial charge >= 0.3 is 5.97 Å². The summed E-state index contributed by atoms with van der Waals surface area (Å²) >= 11 is 0. The first-order chi connectivity index (χ1) is 11.6. The van der Waals surface area contributed by atoms with Gasteiger partial charge in [0.2, 0.25) is 0 Å². The van der Waals surface area contributed by atoms with E-state index in [-0.39, 0.29) is 12.7 Å². The van der Waals surface area contributed by atoms with Gasteiger partial charge in [0.05, 0.1) is 6.10 Å². The molecule has 0 aromatic heterocycles. The fraction of sp³-hybridized carbons (Fsp3) is 0.450. The Hall–Kier alpha value is -2.07. The van der Waals surface area contributed by atoms with E-state index in [0.717, 1.165) is 49.3 Å². The molecule has 0 saturated heterocycles. The van der Waals surface area contributed by atoms with Gasteiger partial charge in [-0.25, -0.2) is 4.79 Å². The van der Waals surface area contributed by atoms with Crippen molar-refractivity contribution in [3.63, 3.8) is 0 Å². The van der Waals surface area contributed by atoms with Gasteiger partial charge in [0.15, 0.2) is 6.61 Å². The summed E-state index contributed by atoms with van der Waals surface area (Å²) in [5.41, 5.74) is 1.25. The van der Waals surface area contributed by atoms with Crippen molar-refractivity contribution >= 4 is 16.7 Å². The Bertz CT molecular complexity index is 666. The molecule has 4 heteroatoms. The molecule has 0 fully saturated rings. The van der Waals surface area contributed by atoms with Crippen LogP contribution in [-0.4, -0.2) is 28.9 Å². The molecule has 2 aromatic rings. The van der Waals surface area contributed by atoms with Crippen molar-refractivity contribution in [1.82, 2.24) is 0 Å². The number of benzene rings is 2. The van der Waals surface area contributed by atoms with E-state index >= 15 is 0 Å². The zero-order valence-corrected chi connectivity index (χ0v) is 14.2. The third kappa shape index (κ3) is 5.24. The monoisotopic (exact) mass is 330 g/mol. The summed E-state index contributed by atoms with van der Waals surface area (Å²) in [5.74, 6) is -0.361. The van der Waals surface area contributed by atoms with Crippen LogP contribution in [0.5, 0.6) is 5.75 Å². The standard InChI is InChI=1S/C20H26O4/c1-2-16(21)10-5-3-4-8-15-9-6-12-18-17(15)11-7-13-19(18)24-14-20(22)23/h6-7,9,11-13,16,21H,2-5,8,10,14H2,1H3,(H,22,23). The Labute approximate surface area is 143 Å². The summed E-state index contributed by atoms with van der Waals surface area (Å²) in [7, 11) is 0. The van der Waals surface area contributed by atoms with E-state index in [9.17, 15) is 9.90 Å². The molecule has 2 rings (SSSR count). The number of aryl methyl sites for hydroxylation is 1. The van der Waals surface area contributed by atoms with Gasteiger partial charge in [-0.1, -0.05) is 50.1 Å². The average Bonchev–Trinajstić information content (AvgIpc) is 2.59. The lowest BCUT2D eigenvalue weighted by molar-refractivity contribution is -0.139. The quantitative estimate of drug-likeness (QED) is 0.641. The Kier molecular flexibility index (Phi) is 7.07.